The molecule has 0 spiro atoms. The molecule has 1 aliphatic rings. The van der Waals surface area contributed by atoms with Crippen LogP contribution >= 0.6 is 11.6 Å². The van der Waals surface area contributed by atoms with Gasteiger partial charge in [-0.2, -0.15) is 0 Å². The largest absolute Gasteiger partial charge is 0.462 e. The molecule has 0 saturated carbocycles. The molecule has 1 aliphatic carbocycles. The van der Waals surface area contributed by atoms with E-state index in [2.05, 4.69) is 18.8 Å². The molecule has 2 aromatic rings. The fourth-order valence-electron chi connectivity index (χ4n) is 2.23. The summed E-state index contributed by atoms with van der Waals surface area (Å²) < 4.78 is 5.47. The SMILES string of the molecule is CC1(C)c2cc(Cl)cnc2-c2occc21. The molecule has 0 aliphatic heterocycles. The van der Waals surface area contributed by atoms with Crippen molar-refractivity contribution in [2.75, 3.05) is 0 Å². The average molecular weight is 220 g/mol. The minimum absolute atomic E-state index is 0.0600. The second-order valence-electron chi connectivity index (χ2n) is 4.34. The lowest BCUT2D eigenvalue weighted by Gasteiger charge is -2.19. The van der Waals surface area contributed by atoms with E-state index >= 15 is 0 Å². The molecule has 0 N–H and O–H groups in total. The molecule has 0 radical (unpaired) electrons. The van der Waals surface area contributed by atoms with Gasteiger partial charge in [0.2, 0.25) is 0 Å². The van der Waals surface area contributed by atoms with Crippen LogP contribution in [0.1, 0.15) is 25.0 Å². The number of aromatic nitrogens is 1. The fourth-order valence-corrected chi connectivity index (χ4v) is 2.38. The zero-order valence-corrected chi connectivity index (χ0v) is 9.30. The summed E-state index contributed by atoms with van der Waals surface area (Å²) in [5.41, 5.74) is 3.19. The highest BCUT2D eigenvalue weighted by Crippen LogP contribution is 2.48. The normalized spacial score (nSPS) is 16.2. The van der Waals surface area contributed by atoms with Gasteiger partial charge in [0.1, 0.15) is 5.69 Å². The Morgan fingerprint density at radius 2 is 2.13 bits per heavy atom. The van der Waals surface area contributed by atoms with Gasteiger partial charge in [-0.25, -0.2) is 0 Å². The fraction of sp³-hybridized carbons (Fsp3) is 0.250. The zero-order valence-electron chi connectivity index (χ0n) is 8.54. The van der Waals surface area contributed by atoms with E-state index in [1.54, 1.807) is 12.5 Å². The van der Waals surface area contributed by atoms with Gasteiger partial charge in [0.25, 0.3) is 0 Å². The van der Waals surface area contributed by atoms with Gasteiger partial charge in [-0.05, 0) is 17.7 Å². The van der Waals surface area contributed by atoms with Crippen LogP contribution in [0.5, 0.6) is 0 Å². The monoisotopic (exact) mass is 219 g/mol. The number of furan rings is 1. The Hall–Kier alpha value is -1.28. The Labute approximate surface area is 92.9 Å². The van der Waals surface area contributed by atoms with Gasteiger partial charge in [0, 0.05) is 17.2 Å². The van der Waals surface area contributed by atoms with E-state index in [1.165, 1.54) is 5.56 Å². The Morgan fingerprint density at radius 1 is 1.33 bits per heavy atom. The van der Waals surface area contributed by atoms with E-state index in [-0.39, 0.29) is 5.41 Å². The Balaban J connectivity index is 2.39. The summed E-state index contributed by atoms with van der Waals surface area (Å²) in [5.74, 6) is 0.881. The quantitative estimate of drug-likeness (QED) is 0.676. The molecule has 2 aromatic heterocycles. The minimum Gasteiger partial charge on any atom is -0.462 e. The van der Waals surface area contributed by atoms with E-state index in [0.717, 1.165) is 17.0 Å². The molecule has 0 bridgehead atoms. The van der Waals surface area contributed by atoms with Crippen LogP contribution < -0.4 is 0 Å². The van der Waals surface area contributed by atoms with Crippen LogP contribution in [0.3, 0.4) is 0 Å². The molecule has 15 heavy (non-hydrogen) atoms. The highest BCUT2D eigenvalue weighted by atomic mass is 35.5. The molecule has 2 nitrogen and oxygen atoms in total. The lowest BCUT2D eigenvalue weighted by Crippen LogP contribution is -2.14. The first-order chi connectivity index (χ1) is 7.10. The summed E-state index contributed by atoms with van der Waals surface area (Å²) in [4.78, 5) is 4.34. The number of pyridine rings is 1. The number of hydrogen-bond donors (Lipinski definition) is 0. The van der Waals surface area contributed by atoms with E-state index in [4.69, 9.17) is 16.0 Å². The Morgan fingerprint density at radius 3 is 2.93 bits per heavy atom. The third-order valence-electron chi connectivity index (χ3n) is 3.08. The van der Waals surface area contributed by atoms with Crippen molar-refractivity contribution in [1.29, 1.82) is 0 Å². The molecule has 3 heteroatoms. The summed E-state index contributed by atoms with van der Waals surface area (Å²) >= 11 is 5.97. The van der Waals surface area contributed by atoms with Crippen LogP contribution in [-0.2, 0) is 5.41 Å². The number of hydrogen-bond acceptors (Lipinski definition) is 2. The predicted octanol–water partition coefficient (Wildman–Crippen LogP) is 3.63. The standard InChI is InChI=1S/C12H10ClNO/c1-12(2)8-3-4-15-11(8)10-9(12)5-7(13)6-14-10/h3-6H,1-2H3. The van der Waals surface area contributed by atoms with Gasteiger partial charge in [0.05, 0.1) is 11.3 Å². The predicted molar refractivity (Wildman–Crippen MR) is 59.1 cm³/mol. The molecule has 0 unspecified atom stereocenters. The number of nitrogens with zero attached hydrogens (tertiary/aromatic N) is 1. The third kappa shape index (κ3) is 1.03. The maximum Gasteiger partial charge on any atom is 0.156 e. The van der Waals surface area contributed by atoms with E-state index in [0.29, 0.717) is 5.02 Å². The van der Waals surface area contributed by atoms with Gasteiger partial charge >= 0.3 is 0 Å². The molecular weight excluding hydrogens is 210 g/mol. The van der Waals surface area contributed by atoms with Crippen LogP contribution in [0.4, 0.5) is 0 Å². The van der Waals surface area contributed by atoms with Crippen LogP contribution in [0, 0.1) is 0 Å². The molecule has 2 heterocycles. The van der Waals surface area contributed by atoms with Crippen molar-refractivity contribution < 1.29 is 4.42 Å². The van der Waals surface area contributed by atoms with Crippen molar-refractivity contribution >= 4 is 11.6 Å². The highest BCUT2D eigenvalue weighted by Gasteiger charge is 2.38. The summed E-state index contributed by atoms with van der Waals surface area (Å²) in [7, 11) is 0. The van der Waals surface area contributed by atoms with Crippen LogP contribution in [0.25, 0.3) is 11.5 Å². The van der Waals surface area contributed by atoms with Crippen molar-refractivity contribution in [3.05, 3.63) is 40.7 Å². The first-order valence-corrected chi connectivity index (χ1v) is 5.23. The van der Waals surface area contributed by atoms with Crippen LogP contribution in [-0.4, -0.2) is 4.98 Å². The Bertz CT molecular complexity index is 542. The van der Waals surface area contributed by atoms with Gasteiger partial charge in [-0.3, -0.25) is 4.98 Å². The summed E-state index contributed by atoms with van der Waals surface area (Å²) in [6.07, 6.45) is 3.37. The molecule has 76 valence electrons. The number of rotatable bonds is 0. The molecule has 0 amide bonds. The molecular formula is C12H10ClNO. The van der Waals surface area contributed by atoms with Gasteiger partial charge in [-0.15, -0.1) is 0 Å². The second-order valence-corrected chi connectivity index (χ2v) is 4.77. The van der Waals surface area contributed by atoms with Crippen molar-refractivity contribution in [1.82, 2.24) is 4.98 Å². The average Bonchev–Trinajstić information content (AvgIpc) is 2.72. The van der Waals surface area contributed by atoms with Crippen molar-refractivity contribution in [2.45, 2.75) is 19.3 Å². The maximum absolute atomic E-state index is 5.97. The molecule has 0 fully saturated rings. The first-order valence-electron chi connectivity index (χ1n) is 4.85. The van der Waals surface area contributed by atoms with Gasteiger partial charge in [-0.1, -0.05) is 25.4 Å². The topological polar surface area (TPSA) is 26.0 Å². The molecule has 3 rings (SSSR count). The first kappa shape index (κ1) is 8.98. The highest BCUT2D eigenvalue weighted by molar-refractivity contribution is 6.30. The van der Waals surface area contributed by atoms with Crippen LogP contribution in [0.15, 0.2) is 29.0 Å². The lowest BCUT2D eigenvalue weighted by atomic mass is 9.84. The minimum atomic E-state index is -0.0600. The third-order valence-corrected chi connectivity index (χ3v) is 3.29. The molecule has 0 saturated heterocycles. The zero-order chi connectivity index (χ0) is 10.6. The Kier molecular flexibility index (Phi) is 1.58. The van der Waals surface area contributed by atoms with E-state index in [9.17, 15) is 0 Å². The molecule has 0 atom stereocenters. The van der Waals surface area contributed by atoms with Crippen LogP contribution in [0.2, 0.25) is 5.02 Å². The van der Waals surface area contributed by atoms with E-state index in [1.807, 2.05) is 12.1 Å². The number of fused-ring (bicyclic) bond motifs is 3. The van der Waals surface area contributed by atoms with Crippen molar-refractivity contribution in [3.8, 4) is 11.5 Å². The summed E-state index contributed by atoms with van der Waals surface area (Å²) in [6.45, 7) is 4.32. The maximum atomic E-state index is 5.97. The number of halogens is 1. The summed E-state index contributed by atoms with van der Waals surface area (Å²) in [6, 6.07) is 3.98. The van der Waals surface area contributed by atoms with Gasteiger partial charge in [0.15, 0.2) is 5.76 Å². The summed E-state index contributed by atoms with van der Waals surface area (Å²) in [5, 5.41) is 0.673. The lowest BCUT2D eigenvalue weighted by molar-refractivity contribution is 0.577. The van der Waals surface area contributed by atoms with E-state index < -0.39 is 0 Å². The van der Waals surface area contributed by atoms with Crippen molar-refractivity contribution in [3.63, 3.8) is 0 Å². The molecule has 0 aromatic carbocycles. The second kappa shape index (κ2) is 2.64. The smallest absolute Gasteiger partial charge is 0.156 e. The van der Waals surface area contributed by atoms with Gasteiger partial charge < -0.3 is 4.42 Å². The van der Waals surface area contributed by atoms with Crippen molar-refractivity contribution in [2.24, 2.45) is 0 Å².